The molecule has 0 aliphatic carbocycles. The first-order valence-corrected chi connectivity index (χ1v) is 9.62. The summed E-state index contributed by atoms with van der Waals surface area (Å²) in [5.74, 6) is -0.412. The summed E-state index contributed by atoms with van der Waals surface area (Å²) >= 11 is 0. The van der Waals surface area contributed by atoms with Crippen molar-refractivity contribution in [1.29, 1.82) is 0 Å². The van der Waals surface area contributed by atoms with Crippen molar-refractivity contribution in [3.05, 3.63) is 71.7 Å². The van der Waals surface area contributed by atoms with Gasteiger partial charge in [0.1, 0.15) is 18.5 Å². The number of benzene rings is 2. The van der Waals surface area contributed by atoms with E-state index in [1.54, 1.807) is 6.07 Å². The number of halogens is 1. The molecule has 2 saturated heterocycles. The maximum absolute atomic E-state index is 13.5. The molecule has 0 saturated carbocycles. The van der Waals surface area contributed by atoms with Crippen molar-refractivity contribution in [3.63, 3.8) is 0 Å². The molecule has 148 valence electrons. The molecule has 2 aromatic carbocycles. The number of nitrogens with zero attached hydrogens (tertiary/aromatic N) is 1. The summed E-state index contributed by atoms with van der Waals surface area (Å²) in [6.07, 6.45) is 1.35. The zero-order valence-electron chi connectivity index (χ0n) is 15.6. The molecule has 2 aliphatic rings. The monoisotopic (exact) mass is 393 g/mol. The van der Waals surface area contributed by atoms with Crippen LogP contribution >= 0.6 is 0 Å². The highest BCUT2D eigenvalue weighted by Crippen LogP contribution is 2.38. The Morgan fingerprint density at radius 2 is 2.03 bits per heavy atom. The number of carbonyl (C=O) groups excluding carboxylic acids is 2. The number of ketones is 1. The Morgan fingerprint density at radius 1 is 1.21 bits per heavy atom. The Bertz CT molecular complexity index is 1080. The minimum absolute atomic E-state index is 0.0138. The van der Waals surface area contributed by atoms with Crippen molar-refractivity contribution in [2.24, 2.45) is 0 Å². The number of aromatic nitrogens is 1. The van der Waals surface area contributed by atoms with Crippen LogP contribution in [0.25, 0.3) is 10.9 Å². The fourth-order valence-electron chi connectivity index (χ4n) is 4.51. The maximum Gasteiger partial charge on any atom is 0.410 e. The number of likely N-dealkylation sites (tertiary alicyclic amines) is 1. The second kappa shape index (κ2) is 7.00. The molecule has 3 atom stereocenters. The van der Waals surface area contributed by atoms with Crippen molar-refractivity contribution in [2.45, 2.75) is 24.6 Å². The van der Waals surface area contributed by atoms with E-state index >= 15 is 0 Å². The lowest BCUT2D eigenvalue weighted by Crippen LogP contribution is -2.42. The van der Waals surface area contributed by atoms with Crippen LogP contribution in [0.15, 0.2) is 54.7 Å². The summed E-state index contributed by atoms with van der Waals surface area (Å²) in [5.41, 5.74) is 2.56. The van der Waals surface area contributed by atoms with Gasteiger partial charge in [0, 0.05) is 35.6 Å². The number of carbonyl (C=O) groups is 2. The van der Waals surface area contributed by atoms with E-state index in [0.717, 1.165) is 16.5 Å². The molecule has 7 heteroatoms. The Labute approximate surface area is 166 Å². The molecule has 0 radical (unpaired) electrons. The molecule has 3 heterocycles. The molecule has 29 heavy (non-hydrogen) atoms. The number of nitrogens with one attached hydrogen (secondary N) is 2. The number of Topliss-reactive ketones (excluding diaryl/α,β-unsaturated/α-hetero) is 1. The van der Waals surface area contributed by atoms with E-state index in [2.05, 4.69) is 10.3 Å². The van der Waals surface area contributed by atoms with Crippen LogP contribution in [0.4, 0.5) is 9.18 Å². The minimum atomic E-state index is -0.548. The summed E-state index contributed by atoms with van der Waals surface area (Å²) in [6, 6.07) is 13.3. The van der Waals surface area contributed by atoms with Gasteiger partial charge in [0.25, 0.3) is 0 Å². The number of H-pyrrole nitrogens is 1. The van der Waals surface area contributed by atoms with Crippen molar-refractivity contribution in [1.82, 2.24) is 15.2 Å². The van der Waals surface area contributed by atoms with Crippen LogP contribution in [-0.4, -0.2) is 46.9 Å². The van der Waals surface area contributed by atoms with E-state index in [9.17, 15) is 14.0 Å². The van der Waals surface area contributed by atoms with Gasteiger partial charge >= 0.3 is 6.09 Å². The van der Waals surface area contributed by atoms with Gasteiger partial charge in [-0.1, -0.05) is 30.3 Å². The molecular formula is C22H20FN3O3. The van der Waals surface area contributed by atoms with E-state index in [4.69, 9.17) is 4.74 Å². The summed E-state index contributed by atoms with van der Waals surface area (Å²) < 4.78 is 19.0. The van der Waals surface area contributed by atoms with Gasteiger partial charge in [-0.15, -0.1) is 0 Å². The first kappa shape index (κ1) is 17.9. The third kappa shape index (κ3) is 3.07. The topological polar surface area (TPSA) is 74.4 Å². The molecule has 2 aliphatic heterocycles. The molecule has 3 unspecified atom stereocenters. The highest BCUT2D eigenvalue weighted by molar-refractivity contribution is 5.93. The van der Waals surface area contributed by atoms with Crippen molar-refractivity contribution in [2.75, 3.05) is 13.1 Å². The fraction of sp³-hybridized carbons (Fsp3) is 0.273. The molecule has 2 fully saturated rings. The standard InChI is InChI=1S/C22H20FN3O3/c23-14-6-7-15-16(9-24-18(15)8-14)17-11-26(21-19(27)10-25-20(17)21)22(28)29-12-13-4-2-1-3-5-13/h1-9,17,20-21,24-25H,10-12H2. The number of hydrogen-bond donors (Lipinski definition) is 2. The SMILES string of the molecule is O=C1CNC2C(c3c[nH]c4cc(F)ccc34)CN(C(=O)OCc3ccccc3)C12. The van der Waals surface area contributed by atoms with Crippen LogP contribution in [0.2, 0.25) is 0 Å². The van der Waals surface area contributed by atoms with Crippen LogP contribution in [-0.2, 0) is 16.1 Å². The number of ether oxygens (including phenoxy) is 1. The van der Waals surface area contributed by atoms with E-state index in [0.29, 0.717) is 12.1 Å². The molecule has 6 nitrogen and oxygen atoms in total. The molecule has 3 aromatic rings. The van der Waals surface area contributed by atoms with Crippen LogP contribution in [0.5, 0.6) is 0 Å². The second-order valence-electron chi connectivity index (χ2n) is 7.55. The summed E-state index contributed by atoms with van der Waals surface area (Å²) in [5, 5.41) is 4.15. The lowest BCUT2D eigenvalue weighted by atomic mass is 9.92. The molecule has 1 aromatic heterocycles. The highest BCUT2D eigenvalue weighted by Gasteiger charge is 2.52. The van der Waals surface area contributed by atoms with Gasteiger partial charge in [-0.3, -0.25) is 9.69 Å². The Hall–Kier alpha value is -3.19. The Kier molecular flexibility index (Phi) is 4.32. The van der Waals surface area contributed by atoms with E-state index in [-0.39, 0.29) is 36.7 Å². The Morgan fingerprint density at radius 3 is 2.86 bits per heavy atom. The third-order valence-corrected chi connectivity index (χ3v) is 5.86. The van der Waals surface area contributed by atoms with E-state index in [1.165, 1.54) is 17.0 Å². The smallest absolute Gasteiger partial charge is 0.410 e. The van der Waals surface area contributed by atoms with Gasteiger partial charge in [0.05, 0.1) is 6.54 Å². The quantitative estimate of drug-likeness (QED) is 0.718. The third-order valence-electron chi connectivity index (χ3n) is 5.86. The van der Waals surface area contributed by atoms with Gasteiger partial charge in [-0.05, 0) is 29.3 Å². The maximum atomic E-state index is 13.5. The van der Waals surface area contributed by atoms with Crippen LogP contribution < -0.4 is 5.32 Å². The lowest BCUT2D eigenvalue weighted by Gasteiger charge is -2.21. The second-order valence-corrected chi connectivity index (χ2v) is 7.55. The van der Waals surface area contributed by atoms with E-state index in [1.807, 2.05) is 36.5 Å². The minimum Gasteiger partial charge on any atom is -0.445 e. The van der Waals surface area contributed by atoms with Gasteiger partial charge in [-0.2, -0.15) is 0 Å². The highest BCUT2D eigenvalue weighted by atomic mass is 19.1. The zero-order chi connectivity index (χ0) is 20.0. The average molecular weight is 393 g/mol. The fourth-order valence-corrected chi connectivity index (χ4v) is 4.51. The van der Waals surface area contributed by atoms with Crippen molar-refractivity contribution < 1.29 is 18.7 Å². The average Bonchev–Trinajstić information content (AvgIpc) is 3.41. The Balaban J connectivity index is 1.40. The predicted molar refractivity (Wildman–Crippen MR) is 105 cm³/mol. The number of hydrogen-bond acceptors (Lipinski definition) is 4. The van der Waals surface area contributed by atoms with Gasteiger partial charge in [-0.25, -0.2) is 9.18 Å². The molecule has 1 amide bonds. The normalized spacial score (nSPS) is 23.6. The number of amides is 1. The number of aromatic amines is 1. The first-order valence-electron chi connectivity index (χ1n) is 9.62. The van der Waals surface area contributed by atoms with Gasteiger partial charge in [0.2, 0.25) is 0 Å². The summed E-state index contributed by atoms with van der Waals surface area (Å²) in [6.45, 7) is 0.753. The van der Waals surface area contributed by atoms with Crippen molar-refractivity contribution in [3.8, 4) is 0 Å². The predicted octanol–water partition coefficient (Wildman–Crippen LogP) is 2.95. The number of rotatable bonds is 3. The molecule has 5 rings (SSSR count). The van der Waals surface area contributed by atoms with Crippen LogP contribution in [0.3, 0.4) is 0 Å². The van der Waals surface area contributed by atoms with Gasteiger partial charge in [0.15, 0.2) is 5.78 Å². The molecule has 0 spiro atoms. The number of fused-ring (bicyclic) bond motifs is 2. The lowest BCUT2D eigenvalue weighted by molar-refractivity contribution is -0.120. The zero-order valence-corrected chi connectivity index (χ0v) is 15.6. The van der Waals surface area contributed by atoms with Gasteiger partial charge < -0.3 is 15.0 Å². The van der Waals surface area contributed by atoms with Crippen LogP contribution in [0, 0.1) is 5.82 Å². The van der Waals surface area contributed by atoms with Crippen LogP contribution in [0.1, 0.15) is 17.0 Å². The van der Waals surface area contributed by atoms with Crippen molar-refractivity contribution >= 4 is 22.8 Å². The summed E-state index contributed by atoms with van der Waals surface area (Å²) in [7, 11) is 0. The molecular weight excluding hydrogens is 373 g/mol. The first-order chi connectivity index (χ1) is 14.1. The molecule has 2 N–H and O–H groups in total. The molecule has 0 bridgehead atoms. The van der Waals surface area contributed by atoms with E-state index < -0.39 is 12.1 Å². The largest absolute Gasteiger partial charge is 0.445 e. The summed E-state index contributed by atoms with van der Waals surface area (Å²) in [4.78, 5) is 29.9.